The van der Waals surface area contributed by atoms with Crippen molar-refractivity contribution in [2.45, 2.75) is 25.8 Å². The first-order valence-electron chi connectivity index (χ1n) is 10.6. The lowest BCUT2D eigenvalue weighted by Crippen LogP contribution is -2.43. The Morgan fingerprint density at radius 3 is 2.77 bits per heavy atom. The molecular formula is C25H28N2O4. The molecule has 6 nitrogen and oxygen atoms in total. The first-order valence-corrected chi connectivity index (χ1v) is 10.6. The van der Waals surface area contributed by atoms with E-state index in [1.807, 2.05) is 31.2 Å². The molecule has 0 spiro atoms. The maximum absolute atomic E-state index is 12.3. The van der Waals surface area contributed by atoms with Crippen LogP contribution in [0.4, 0.5) is 5.69 Å². The molecule has 0 bridgehead atoms. The zero-order valence-corrected chi connectivity index (χ0v) is 17.9. The standard InChI is InChI=1S/C25H28N2O4/c1-17-5-8-23-20(14-17)21(16-25(29)31-23)27(19-9-11-26-12-10-19)13-3-4-18-6-7-22(28)24(15-18)30-2/h3-8,14-16,19,26,28H,9-13H2,1-2H3/b4-3+. The Kier molecular flexibility index (Phi) is 6.28. The van der Waals surface area contributed by atoms with Crippen molar-refractivity contribution in [1.29, 1.82) is 0 Å². The van der Waals surface area contributed by atoms with E-state index in [0.717, 1.165) is 48.1 Å². The van der Waals surface area contributed by atoms with Gasteiger partial charge in [0.25, 0.3) is 0 Å². The fourth-order valence-corrected chi connectivity index (χ4v) is 4.16. The van der Waals surface area contributed by atoms with Gasteiger partial charge in [-0.25, -0.2) is 4.79 Å². The van der Waals surface area contributed by atoms with Gasteiger partial charge in [0, 0.05) is 24.0 Å². The topological polar surface area (TPSA) is 74.9 Å². The van der Waals surface area contributed by atoms with Crippen molar-refractivity contribution in [3.8, 4) is 11.5 Å². The molecule has 1 fully saturated rings. The van der Waals surface area contributed by atoms with Gasteiger partial charge in [-0.05, 0) is 62.7 Å². The molecule has 0 saturated carbocycles. The monoisotopic (exact) mass is 420 g/mol. The quantitative estimate of drug-likeness (QED) is 0.585. The number of aryl methyl sites for hydroxylation is 1. The van der Waals surface area contributed by atoms with Gasteiger partial charge < -0.3 is 24.5 Å². The summed E-state index contributed by atoms with van der Waals surface area (Å²) in [6.07, 6.45) is 6.11. The second-order valence-electron chi connectivity index (χ2n) is 7.92. The highest BCUT2D eigenvalue weighted by Crippen LogP contribution is 2.30. The average Bonchev–Trinajstić information content (AvgIpc) is 2.78. The molecule has 2 aromatic carbocycles. The largest absolute Gasteiger partial charge is 0.504 e. The second-order valence-corrected chi connectivity index (χ2v) is 7.92. The summed E-state index contributed by atoms with van der Waals surface area (Å²) in [6, 6.07) is 13.1. The lowest BCUT2D eigenvalue weighted by atomic mass is 10.0. The summed E-state index contributed by atoms with van der Waals surface area (Å²) < 4.78 is 10.7. The lowest BCUT2D eigenvalue weighted by molar-refractivity contribution is 0.373. The van der Waals surface area contributed by atoms with E-state index < -0.39 is 0 Å². The van der Waals surface area contributed by atoms with Gasteiger partial charge in [0.15, 0.2) is 11.5 Å². The van der Waals surface area contributed by atoms with Gasteiger partial charge in [0.1, 0.15) is 5.58 Å². The molecule has 1 aromatic heterocycles. The second kappa shape index (κ2) is 9.27. The zero-order valence-electron chi connectivity index (χ0n) is 17.9. The van der Waals surface area contributed by atoms with Crippen LogP contribution in [0.5, 0.6) is 11.5 Å². The van der Waals surface area contributed by atoms with Crippen LogP contribution in [0.15, 0.2) is 57.8 Å². The number of ether oxygens (including phenoxy) is 1. The third-order valence-corrected chi connectivity index (χ3v) is 5.75. The van der Waals surface area contributed by atoms with Crippen LogP contribution < -0.4 is 20.6 Å². The number of nitrogens with one attached hydrogen (secondary N) is 1. The first-order chi connectivity index (χ1) is 15.0. The van der Waals surface area contributed by atoms with Crippen molar-refractivity contribution in [3.05, 3.63) is 70.1 Å². The summed E-state index contributed by atoms with van der Waals surface area (Å²) in [4.78, 5) is 14.6. The number of nitrogens with zero attached hydrogens (tertiary/aromatic N) is 1. The molecule has 6 heteroatoms. The molecule has 1 saturated heterocycles. The Morgan fingerprint density at radius 1 is 1.19 bits per heavy atom. The fraction of sp³-hybridized carbons (Fsp3) is 0.320. The third-order valence-electron chi connectivity index (χ3n) is 5.75. The first kappa shape index (κ1) is 21.0. The van der Waals surface area contributed by atoms with Crippen molar-refractivity contribution >= 4 is 22.7 Å². The predicted molar refractivity (Wildman–Crippen MR) is 124 cm³/mol. The molecule has 31 heavy (non-hydrogen) atoms. The van der Waals surface area contributed by atoms with E-state index in [1.165, 1.54) is 7.11 Å². The van der Waals surface area contributed by atoms with Crippen LogP contribution in [-0.4, -0.2) is 37.9 Å². The van der Waals surface area contributed by atoms with E-state index in [4.69, 9.17) is 9.15 Å². The van der Waals surface area contributed by atoms with Crippen LogP contribution in [0.25, 0.3) is 17.0 Å². The highest BCUT2D eigenvalue weighted by atomic mass is 16.5. The van der Waals surface area contributed by atoms with Crippen LogP contribution >= 0.6 is 0 Å². The number of anilines is 1. The highest BCUT2D eigenvalue weighted by Gasteiger charge is 2.23. The van der Waals surface area contributed by atoms with Gasteiger partial charge in [0.05, 0.1) is 12.8 Å². The molecular weight excluding hydrogens is 392 g/mol. The number of hydrogen-bond donors (Lipinski definition) is 2. The number of hydrogen-bond acceptors (Lipinski definition) is 6. The molecule has 1 aliphatic rings. The lowest BCUT2D eigenvalue weighted by Gasteiger charge is -2.36. The van der Waals surface area contributed by atoms with Gasteiger partial charge in [-0.15, -0.1) is 0 Å². The minimum Gasteiger partial charge on any atom is -0.504 e. The Labute approximate surface area is 181 Å². The van der Waals surface area contributed by atoms with Gasteiger partial charge in [0.2, 0.25) is 0 Å². The number of methoxy groups -OCH3 is 1. The third kappa shape index (κ3) is 4.75. The molecule has 162 valence electrons. The molecule has 1 aliphatic heterocycles. The summed E-state index contributed by atoms with van der Waals surface area (Å²) in [7, 11) is 1.54. The number of aromatic hydroxyl groups is 1. The minimum atomic E-state index is -0.336. The van der Waals surface area contributed by atoms with Crippen molar-refractivity contribution in [2.75, 3.05) is 31.6 Å². The summed E-state index contributed by atoms with van der Waals surface area (Å²) in [5, 5.41) is 14.2. The molecule has 0 atom stereocenters. The molecule has 4 rings (SSSR count). The van der Waals surface area contributed by atoms with E-state index in [1.54, 1.807) is 18.2 Å². The maximum Gasteiger partial charge on any atom is 0.338 e. The highest BCUT2D eigenvalue weighted by molar-refractivity contribution is 5.91. The summed E-state index contributed by atoms with van der Waals surface area (Å²) >= 11 is 0. The van der Waals surface area contributed by atoms with Crippen LogP contribution in [0.1, 0.15) is 24.0 Å². The summed E-state index contributed by atoms with van der Waals surface area (Å²) in [5.74, 6) is 0.563. The van der Waals surface area contributed by atoms with E-state index in [9.17, 15) is 9.90 Å². The molecule has 3 aromatic rings. The van der Waals surface area contributed by atoms with Gasteiger partial charge in [-0.3, -0.25) is 0 Å². The number of phenols is 1. The van der Waals surface area contributed by atoms with Gasteiger partial charge in [-0.2, -0.15) is 0 Å². The Bertz CT molecular complexity index is 1150. The van der Waals surface area contributed by atoms with E-state index >= 15 is 0 Å². The number of rotatable bonds is 6. The summed E-state index contributed by atoms with van der Waals surface area (Å²) in [6.45, 7) is 4.61. The van der Waals surface area contributed by atoms with Crippen molar-refractivity contribution in [3.63, 3.8) is 0 Å². The van der Waals surface area contributed by atoms with Gasteiger partial charge >= 0.3 is 5.63 Å². The van der Waals surface area contributed by atoms with Crippen LogP contribution in [0.3, 0.4) is 0 Å². The number of phenolic OH excluding ortho intramolecular Hbond substituents is 1. The van der Waals surface area contributed by atoms with E-state index in [0.29, 0.717) is 23.9 Å². The molecule has 0 aliphatic carbocycles. The van der Waals surface area contributed by atoms with Crippen molar-refractivity contribution < 1.29 is 14.3 Å². The SMILES string of the molecule is COc1cc(/C=C/CN(c2cc(=O)oc3ccc(C)cc23)C2CCNCC2)ccc1O. The molecule has 0 radical (unpaired) electrons. The molecule has 2 N–H and O–H groups in total. The molecule has 0 amide bonds. The van der Waals surface area contributed by atoms with E-state index in [-0.39, 0.29) is 11.4 Å². The van der Waals surface area contributed by atoms with Crippen molar-refractivity contribution in [2.24, 2.45) is 0 Å². The number of piperidine rings is 1. The average molecular weight is 421 g/mol. The van der Waals surface area contributed by atoms with Crippen molar-refractivity contribution in [1.82, 2.24) is 5.32 Å². The predicted octanol–water partition coefficient (Wildman–Crippen LogP) is 4.09. The minimum absolute atomic E-state index is 0.119. The normalized spacial score (nSPS) is 14.9. The number of benzene rings is 2. The van der Waals surface area contributed by atoms with Crippen LogP contribution in [-0.2, 0) is 0 Å². The summed E-state index contributed by atoms with van der Waals surface area (Å²) in [5.41, 5.74) is 3.25. The van der Waals surface area contributed by atoms with Gasteiger partial charge in [-0.1, -0.05) is 29.8 Å². The smallest absolute Gasteiger partial charge is 0.338 e. The number of fused-ring (bicyclic) bond motifs is 1. The maximum atomic E-state index is 12.3. The zero-order chi connectivity index (χ0) is 21.8. The Hall–Kier alpha value is -3.25. The Balaban J connectivity index is 1.70. The van der Waals surface area contributed by atoms with E-state index in [2.05, 4.69) is 22.4 Å². The van der Waals surface area contributed by atoms with Crippen LogP contribution in [0.2, 0.25) is 0 Å². The molecule has 0 unspecified atom stereocenters. The van der Waals surface area contributed by atoms with Crippen LogP contribution in [0, 0.1) is 6.92 Å². The molecule has 2 heterocycles. The fourth-order valence-electron chi connectivity index (χ4n) is 4.16. The Morgan fingerprint density at radius 2 is 2.00 bits per heavy atom.